The molecule has 1 unspecified atom stereocenters. The molecule has 0 amide bonds. The van der Waals surface area contributed by atoms with Crippen molar-refractivity contribution in [1.82, 2.24) is 14.5 Å². The Morgan fingerprint density at radius 2 is 2.06 bits per heavy atom. The van der Waals surface area contributed by atoms with Gasteiger partial charge in [-0.05, 0) is 52.2 Å². The van der Waals surface area contributed by atoms with Gasteiger partial charge in [0.05, 0.1) is 6.17 Å². The van der Waals surface area contributed by atoms with Gasteiger partial charge in [0, 0.05) is 17.8 Å². The maximum atomic E-state index is 6.24. The Morgan fingerprint density at radius 3 is 2.82 bits per heavy atom. The van der Waals surface area contributed by atoms with Crippen LogP contribution in [-0.2, 0) is 6.42 Å². The predicted octanol–water partition coefficient (Wildman–Crippen LogP) is 1.49. The molecule has 1 saturated heterocycles. The Hall–Kier alpha value is -0.870. The van der Waals surface area contributed by atoms with Gasteiger partial charge in [0.1, 0.15) is 5.82 Å². The summed E-state index contributed by atoms with van der Waals surface area (Å²) < 4.78 is 2.32. The Balaban J connectivity index is 1.86. The molecule has 2 N–H and O–H groups in total. The van der Waals surface area contributed by atoms with E-state index in [1.807, 2.05) is 6.20 Å². The molecule has 0 bridgehead atoms. The molecule has 0 spiro atoms. The van der Waals surface area contributed by atoms with Crippen LogP contribution >= 0.6 is 0 Å². The lowest BCUT2D eigenvalue weighted by Crippen LogP contribution is -2.32. The SMILES string of the molecule is CN1CCC(c2ncc3n2C(N)CCC3)CC1. The minimum absolute atomic E-state index is 0.163. The highest BCUT2D eigenvalue weighted by atomic mass is 15.2. The molecule has 0 radical (unpaired) electrons. The van der Waals surface area contributed by atoms with Crippen LogP contribution in [0.2, 0.25) is 0 Å². The van der Waals surface area contributed by atoms with Crippen molar-refractivity contribution in [2.75, 3.05) is 20.1 Å². The average Bonchev–Trinajstić information content (AvgIpc) is 2.75. The van der Waals surface area contributed by atoms with E-state index in [4.69, 9.17) is 5.73 Å². The van der Waals surface area contributed by atoms with Gasteiger partial charge in [0.25, 0.3) is 0 Å². The molecule has 1 aromatic rings. The summed E-state index contributed by atoms with van der Waals surface area (Å²) in [6.45, 7) is 2.37. The predicted molar refractivity (Wildman–Crippen MR) is 67.9 cm³/mol. The standard InChI is InChI=1S/C13H22N4/c1-16-7-5-10(6-8-16)13-15-9-11-3-2-4-12(14)17(11)13/h9-10,12H,2-8,14H2,1H3. The average molecular weight is 234 g/mol. The van der Waals surface area contributed by atoms with Gasteiger partial charge in [-0.1, -0.05) is 0 Å². The lowest BCUT2D eigenvalue weighted by molar-refractivity contribution is 0.244. The summed E-state index contributed by atoms with van der Waals surface area (Å²) in [6, 6.07) is 0. The van der Waals surface area contributed by atoms with E-state index in [0.717, 1.165) is 12.8 Å². The number of rotatable bonds is 1. The van der Waals surface area contributed by atoms with E-state index in [1.54, 1.807) is 0 Å². The second-order valence-electron chi connectivity index (χ2n) is 5.51. The van der Waals surface area contributed by atoms with Gasteiger partial charge in [-0.3, -0.25) is 0 Å². The third kappa shape index (κ3) is 2.00. The van der Waals surface area contributed by atoms with E-state index < -0.39 is 0 Å². The van der Waals surface area contributed by atoms with Crippen molar-refractivity contribution in [1.29, 1.82) is 0 Å². The van der Waals surface area contributed by atoms with Crippen molar-refractivity contribution < 1.29 is 0 Å². The van der Waals surface area contributed by atoms with Crippen molar-refractivity contribution in [2.45, 2.75) is 44.2 Å². The lowest BCUT2D eigenvalue weighted by atomic mass is 9.95. The summed E-state index contributed by atoms with van der Waals surface area (Å²) in [4.78, 5) is 7.06. The maximum absolute atomic E-state index is 6.24. The zero-order chi connectivity index (χ0) is 11.8. The van der Waals surface area contributed by atoms with E-state index in [9.17, 15) is 0 Å². The van der Waals surface area contributed by atoms with Crippen LogP contribution in [0.4, 0.5) is 0 Å². The first-order valence-corrected chi connectivity index (χ1v) is 6.76. The first-order valence-electron chi connectivity index (χ1n) is 6.76. The molecule has 2 aliphatic heterocycles. The molecular weight excluding hydrogens is 212 g/mol. The minimum atomic E-state index is 0.163. The molecule has 1 fully saturated rings. The van der Waals surface area contributed by atoms with Crippen LogP contribution in [0, 0.1) is 0 Å². The molecule has 94 valence electrons. The fourth-order valence-electron chi connectivity index (χ4n) is 3.17. The van der Waals surface area contributed by atoms with Gasteiger partial charge >= 0.3 is 0 Å². The quantitative estimate of drug-likeness (QED) is 0.800. The van der Waals surface area contributed by atoms with Crippen LogP contribution < -0.4 is 5.73 Å². The van der Waals surface area contributed by atoms with Crippen LogP contribution in [0.3, 0.4) is 0 Å². The number of likely N-dealkylation sites (tertiary alicyclic amines) is 1. The number of piperidine rings is 1. The number of aromatic nitrogens is 2. The van der Waals surface area contributed by atoms with Crippen LogP contribution in [0.1, 0.15) is 49.3 Å². The van der Waals surface area contributed by atoms with Gasteiger partial charge in [-0.15, -0.1) is 0 Å². The summed E-state index contributed by atoms with van der Waals surface area (Å²) in [5.74, 6) is 1.87. The summed E-state index contributed by atoms with van der Waals surface area (Å²) in [7, 11) is 2.20. The van der Waals surface area contributed by atoms with E-state index in [1.165, 1.54) is 43.9 Å². The Kier molecular flexibility index (Phi) is 2.92. The Morgan fingerprint density at radius 1 is 1.29 bits per heavy atom. The summed E-state index contributed by atoms with van der Waals surface area (Å²) in [5, 5.41) is 0. The summed E-state index contributed by atoms with van der Waals surface area (Å²) in [6.07, 6.45) is 8.11. The third-order valence-corrected chi connectivity index (χ3v) is 4.25. The number of imidazole rings is 1. The topological polar surface area (TPSA) is 47.1 Å². The highest BCUT2D eigenvalue weighted by molar-refractivity contribution is 5.13. The maximum Gasteiger partial charge on any atom is 0.113 e. The molecular formula is C13H22N4. The number of nitrogens with two attached hydrogens (primary N) is 1. The van der Waals surface area contributed by atoms with Crippen molar-refractivity contribution >= 4 is 0 Å². The van der Waals surface area contributed by atoms with Crippen LogP contribution in [0.25, 0.3) is 0 Å². The molecule has 1 aromatic heterocycles. The molecule has 0 aliphatic carbocycles. The largest absolute Gasteiger partial charge is 0.316 e. The van der Waals surface area contributed by atoms with Gasteiger partial charge in [0.2, 0.25) is 0 Å². The second kappa shape index (κ2) is 4.42. The molecule has 4 heteroatoms. The summed E-state index contributed by atoms with van der Waals surface area (Å²) in [5.41, 5.74) is 7.58. The number of aryl methyl sites for hydroxylation is 1. The molecule has 2 aliphatic rings. The summed E-state index contributed by atoms with van der Waals surface area (Å²) >= 11 is 0. The zero-order valence-corrected chi connectivity index (χ0v) is 10.6. The van der Waals surface area contributed by atoms with E-state index in [0.29, 0.717) is 5.92 Å². The van der Waals surface area contributed by atoms with E-state index in [2.05, 4.69) is 21.5 Å². The number of hydrogen-bond acceptors (Lipinski definition) is 3. The van der Waals surface area contributed by atoms with Crippen LogP contribution in [-0.4, -0.2) is 34.6 Å². The van der Waals surface area contributed by atoms with E-state index in [-0.39, 0.29) is 6.17 Å². The van der Waals surface area contributed by atoms with Crippen LogP contribution in [0.5, 0.6) is 0 Å². The monoisotopic (exact) mass is 234 g/mol. The minimum Gasteiger partial charge on any atom is -0.316 e. The van der Waals surface area contributed by atoms with Crippen molar-refractivity contribution in [3.05, 3.63) is 17.7 Å². The van der Waals surface area contributed by atoms with Crippen molar-refractivity contribution in [3.63, 3.8) is 0 Å². The zero-order valence-electron chi connectivity index (χ0n) is 10.6. The fourth-order valence-corrected chi connectivity index (χ4v) is 3.17. The first kappa shape index (κ1) is 11.2. The third-order valence-electron chi connectivity index (χ3n) is 4.25. The highest BCUT2D eigenvalue weighted by Crippen LogP contribution is 2.31. The second-order valence-corrected chi connectivity index (χ2v) is 5.51. The van der Waals surface area contributed by atoms with E-state index >= 15 is 0 Å². The first-order chi connectivity index (χ1) is 8.25. The Bertz CT molecular complexity index is 390. The lowest BCUT2D eigenvalue weighted by Gasteiger charge is -2.31. The van der Waals surface area contributed by atoms with Crippen molar-refractivity contribution in [3.8, 4) is 0 Å². The number of hydrogen-bond donors (Lipinski definition) is 1. The molecule has 3 rings (SSSR count). The molecule has 17 heavy (non-hydrogen) atoms. The Labute approximate surface area is 103 Å². The molecule has 4 nitrogen and oxygen atoms in total. The van der Waals surface area contributed by atoms with Crippen molar-refractivity contribution in [2.24, 2.45) is 5.73 Å². The molecule has 0 saturated carbocycles. The molecule has 1 atom stereocenters. The highest BCUT2D eigenvalue weighted by Gasteiger charge is 2.27. The smallest absolute Gasteiger partial charge is 0.113 e. The van der Waals surface area contributed by atoms with Gasteiger partial charge in [-0.2, -0.15) is 0 Å². The number of fused-ring (bicyclic) bond motifs is 1. The normalized spacial score (nSPS) is 27.1. The molecule has 3 heterocycles. The van der Waals surface area contributed by atoms with Gasteiger partial charge in [0.15, 0.2) is 0 Å². The fraction of sp³-hybridized carbons (Fsp3) is 0.769. The number of nitrogens with zero attached hydrogens (tertiary/aromatic N) is 3. The van der Waals surface area contributed by atoms with Gasteiger partial charge < -0.3 is 15.2 Å². The van der Waals surface area contributed by atoms with Crippen LogP contribution in [0.15, 0.2) is 6.20 Å². The molecule has 0 aromatic carbocycles. The van der Waals surface area contributed by atoms with Gasteiger partial charge in [-0.25, -0.2) is 4.98 Å².